The van der Waals surface area contributed by atoms with Crippen molar-refractivity contribution in [3.63, 3.8) is 0 Å². The van der Waals surface area contributed by atoms with E-state index in [2.05, 4.69) is 35.2 Å². The van der Waals surface area contributed by atoms with Crippen LogP contribution in [-0.4, -0.2) is 21.9 Å². The van der Waals surface area contributed by atoms with E-state index in [4.69, 9.17) is 0 Å². The zero-order chi connectivity index (χ0) is 16.4. The lowest BCUT2D eigenvalue weighted by Gasteiger charge is -2.31. The average Bonchev–Trinajstić information content (AvgIpc) is 2.94. The molecule has 4 rings (SSSR count). The van der Waals surface area contributed by atoms with Gasteiger partial charge in [0.1, 0.15) is 0 Å². The summed E-state index contributed by atoms with van der Waals surface area (Å²) in [5.41, 5.74) is 1.60. The minimum atomic E-state index is 0.155. The number of hydrogen-bond donors (Lipinski definition) is 0. The zero-order valence-corrected chi connectivity index (χ0v) is 14.5. The summed E-state index contributed by atoms with van der Waals surface area (Å²) in [6.45, 7) is 2.90. The highest BCUT2D eigenvalue weighted by Crippen LogP contribution is 2.23. The largest absolute Gasteiger partial charge is 0.285 e. The Morgan fingerprint density at radius 3 is 2.42 bits per heavy atom. The van der Waals surface area contributed by atoms with Crippen molar-refractivity contribution in [2.75, 3.05) is 13.1 Å². The number of nitrogens with zero attached hydrogens (tertiary/aromatic N) is 2. The van der Waals surface area contributed by atoms with E-state index in [1.165, 1.54) is 24.8 Å². The first-order chi connectivity index (χ1) is 11.8. The maximum atomic E-state index is 12.5. The van der Waals surface area contributed by atoms with Crippen LogP contribution in [0.25, 0.3) is 10.1 Å². The van der Waals surface area contributed by atoms with Gasteiger partial charge in [-0.25, -0.2) is 3.96 Å². The van der Waals surface area contributed by atoms with Crippen molar-refractivity contribution in [3.05, 3.63) is 70.5 Å². The van der Waals surface area contributed by atoms with Crippen molar-refractivity contribution < 1.29 is 0 Å². The van der Waals surface area contributed by atoms with Crippen LogP contribution < -0.4 is 5.56 Å². The first kappa shape index (κ1) is 15.6. The molecule has 0 radical (unpaired) electrons. The molecule has 2 heterocycles. The molecule has 1 aliphatic rings. The van der Waals surface area contributed by atoms with Gasteiger partial charge < -0.3 is 0 Å². The van der Waals surface area contributed by atoms with E-state index in [0.717, 1.165) is 35.8 Å². The normalized spacial score (nSPS) is 16.7. The molecule has 24 heavy (non-hydrogen) atoms. The molecule has 1 aliphatic heterocycles. The quantitative estimate of drug-likeness (QED) is 0.719. The van der Waals surface area contributed by atoms with Gasteiger partial charge in [0.05, 0.1) is 16.8 Å². The van der Waals surface area contributed by atoms with Crippen molar-refractivity contribution in [1.82, 2.24) is 8.86 Å². The highest BCUT2D eigenvalue weighted by molar-refractivity contribution is 7.13. The number of aromatic nitrogens is 1. The van der Waals surface area contributed by atoms with Crippen LogP contribution in [0, 0.1) is 5.92 Å². The summed E-state index contributed by atoms with van der Waals surface area (Å²) >= 11 is 1.58. The van der Waals surface area contributed by atoms with Gasteiger partial charge in [0.2, 0.25) is 0 Å². The van der Waals surface area contributed by atoms with Gasteiger partial charge in [0, 0.05) is 13.1 Å². The monoisotopic (exact) mass is 338 g/mol. The van der Waals surface area contributed by atoms with Crippen LogP contribution >= 0.6 is 11.5 Å². The minimum absolute atomic E-state index is 0.155. The van der Waals surface area contributed by atoms with Crippen LogP contribution in [0.3, 0.4) is 0 Å². The number of fused-ring (bicyclic) bond motifs is 1. The van der Waals surface area contributed by atoms with E-state index in [1.54, 1.807) is 11.5 Å². The summed E-state index contributed by atoms with van der Waals surface area (Å²) in [5.74, 6) is 0.766. The second kappa shape index (κ2) is 6.91. The van der Waals surface area contributed by atoms with Gasteiger partial charge in [0.15, 0.2) is 0 Å². The molecule has 0 aliphatic carbocycles. The van der Waals surface area contributed by atoms with Crippen LogP contribution in [-0.2, 0) is 13.1 Å². The third-order valence-electron chi connectivity index (χ3n) is 4.96. The molecule has 1 fully saturated rings. The van der Waals surface area contributed by atoms with Gasteiger partial charge >= 0.3 is 0 Å². The Bertz CT molecular complexity index is 860. The smallest absolute Gasteiger partial charge is 0.269 e. The molecule has 4 heteroatoms. The predicted molar refractivity (Wildman–Crippen MR) is 101 cm³/mol. The lowest BCUT2D eigenvalue weighted by atomic mass is 9.90. The Morgan fingerprint density at radius 2 is 1.67 bits per heavy atom. The third-order valence-corrected chi connectivity index (χ3v) is 6.01. The molecule has 0 unspecified atom stereocenters. The van der Waals surface area contributed by atoms with Gasteiger partial charge in [-0.1, -0.05) is 54.0 Å². The fraction of sp³-hybridized carbons (Fsp3) is 0.350. The Labute approximate surface area is 146 Å². The summed E-state index contributed by atoms with van der Waals surface area (Å²) in [5, 5.41) is 0.849. The molecule has 2 aromatic carbocycles. The van der Waals surface area contributed by atoms with Gasteiger partial charge in [-0.2, -0.15) is 0 Å². The minimum Gasteiger partial charge on any atom is -0.285 e. The van der Waals surface area contributed by atoms with Crippen molar-refractivity contribution in [2.24, 2.45) is 5.92 Å². The maximum absolute atomic E-state index is 12.5. The van der Waals surface area contributed by atoms with Gasteiger partial charge in [-0.05, 0) is 42.9 Å². The summed E-state index contributed by atoms with van der Waals surface area (Å²) in [7, 11) is 0. The second-order valence-electron chi connectivity index (χ2n) is 6.66. The maximum Gasteiger partial charge on any atom is 0.269 e. The Morgan fingerprint density at radius 1 is 0.958 bits per heavy atom. The molecule has 1 saturated heterocycles. The Hall–Kier alpha value is -1.91. The first-order valence-electron chi connectivity index (χ1n) is 8.65. The lowest BCUT2D eigenvalue weighted by molar-refractivity contribution is 0.151. The fourth-order valence-electron chi connectivity index (χ4n) is 3.57. The number of benzene rings is 2. The molecule has 124 valence electrons. The van der Waals surface area contributed by atoms with E-state index in [0.29, 0.717) is 0 Å². The predicted octanol–water partition coefficient (Wildman–Crippen LogP) is 3.98. The molecule has 0 spiro atoms. The molecule has 0 bridgehead atoms. The standard InChI is InChI=1S/C20H22N2OS/c23-20-18-8-4-5-9-19(18)24-22(20)15-21-12-10-17(11-13-21)14-16-6-2-1-3-7-16/h1-9,17H,10-15H2. The van der Waals surface area contributed by atoms with Crippen LogP contribution in [0.2, 0.25) is 0 Å². The van der Waals surface area contributed by atoms with Crippen molar-refractivity contribution in [3.8, 4) is 0 Å². The molecular weight excluding hydrogens is 316 g/mol. The topological polar surface area (TPSA) is 25.2 Å². The van der Waals surface area contributed by atoms with E-state index >= 15 is 0 Å². The fourth-order valence-corrected chi connectivity index (χ4v) is 4.60. The number of hydrogen-bond acceptors (Lipinski definition) is 3. The van der Waals surface area contributed by atoms with E-state index in [-0.39, 0.29) is 5.56 Å². The lowest BCUT2D eigenvalue weighted by Crippen LogP contribution is -2.37. The van der Waals surface area contributed by atoms with E-state index in [9.17, 15) is 4.79 Å². The highest BCUT2D eigenvalue weighted by atomic mass is 32.1. The van der Waals surface area contributed by atoms with Gasteiger partial charge in [-0.3, -0.25) is 9.69 Å². The van der Waals surface area contributed by atoms with E-state index < -0.39 is 0 Å². The Balaban J connectivity index is 1.37. The summed E-state index contributed by atoms with van der Waals surface area (Å²) in [6, 6.07) is 18.7. The van der Waals surface area contributed by atoms with Crippen LogP contribution in [0.5, 0.6) is 0 Å². The van der Waals surface area contributed by atoms with Crippen molar-refractivity contribution >= 4 is 21.6 Å². The number of likely N-dealkylation sites (tertiary alicyclic amines) is 1. The highest BCUT2D eigenvalue weighted by Gasteiger charge is 2.20. The SMILES string of the molecule is O=c1c2ccccc2sn1CN1CCC(Cc2ccccc2)CC1. The Kier molecular flexibility index (Phi) is 4.50. The molecule has 1 aromatic heterocycles. The molecule has 3 nitrogen and oxygen atoms in total. The average molecular weight is 338 g/mol. The third kappa shape index (κ3) is 3.30. The van der Waals surface area contributed by atoms with E-state index in [1.807, 2.05) is 28.2 Å². The molecular formula is C20H22N2OS. The molecule has 0 N–H and O–H groups in total. The van der Waals surface area contributed by atoms with Crippen molar-refractivity contribution in [1.29, 1.82) is 0 Å². The number of piperidine rings is 1. The number of rotatable bonds is 4. The molecule has 0 amide bonds. The summed E-state index contributed by atoms with van der Waals surface area (Å²) < 4.78 is 2.99. The summed E-state index contributed by atoms with van der Waals surface area (Å²) in [6.07, 6.45) is 3.61. The zero-order valence-electron chi connectivity index (χ0n) is 13.7. The van der Waals surface area contributed by atoms with Crippen LogP contribution in [0.1, 0.15) is 18.4 Å². The second-order valence-corrected chi connectivity index (χ2v) is 7.73. The van der Waals surface area contributed by atoms with Gasteiger partial charge in [0.25, 0.3) is 5.56 Å². The molecule has 0 saturated carbocycles. The van der Waals surface area contributed by atoms with Crippen LogP contribution in [0.4, 0.5) is 0 Å². The first-order valence-corrected chi connectivity index (χ1v) is 9.42. The molecule has 0 atom stereocenters. The summed E-state index contributed by atoms with van der Waals surface area (Å²) in [4.78, 5) is 14.9. The van der Waals surface area contributed by atoms with Crippen molar-refractivity contribution in [2.45, 2.75) is 25.9 Å². The van der Waals surface area contributed by atoms with Gasteiger partial charge in [-0.15, -0.1) is 0 Å². The van der Waals surface area contributed by atoms with Crippen LogP contribution in [0.15, 0.2) is 59.4 Å². The molecule has 3 aromatic rings.